The molecule has 3 rings (SSSR count). The van der Waals surface area contributed by atoms with E-state index in [-0.39, 0.29) is 31.2 Å². The van der Waals surface area contributed by atoms with Crippen LogP contribution in [0.5, 0.6) is 5.75 Å². The molecule has 30 heavy (non-hydrogen) atoms. The Labute approximate surface area is 175 Å². The molecule has 0 aromatic heterocycles. The first-order valence-corrected chi connectivity index (χ1v) is 11.1. The molecule has 1 heterocycles. The number of ether oxygens (including phenoxy) is 1. The highest BCUT2D eigenvalue weighted by atomic mass is 32.2. The van der Waals surface area contributed by atoms with E-state index >= 15 is 0 Å². The van der Waals surface area contributed by atoms with Crippen molar-refractivity contribution >= 4 is 21.7 Å². The summed E-state index contributed by atoms with van der Waals surface area (Å²) in [6.07, 6.45) is -0.431. The fourth-order valence-corrected chi connectivity index (χ4v) is 5.89. The number of hydrogen-bond acceptors (Lipinski definition) is 6. The molecule has 0 saturated carbocycles. The normalized spacial score (nSPS) is 20.8. The zero-order valence-electron chi connectivity index (χ0n) is 16.6. The number of methoxy groups -OCH3 is 1. The van der Waals surface area contributed by atoms with Gasteiger partial charge in [-0.25, -0.2) is 13.9 Å². The van der Waals surface area contributed by atoms with Crippen molar-refractivity contribution in [2.75, 3.05) is 26.0 Å². The Kier molecular flexibility index (Phi) is 6.42. The van der Waals surface area contributed by atoms with Gasteiger partial charge in [0.15, 0.2) is 9.84 Å². The van der Waals surface area contributed by atoms with E-state index in [2.05, 4.69) is 0 Å². The zero-order chi connectivity index (χ0) is 21.8. The van der Waals surface area contributed by atoms with Gasteiger partial charge in [-0.2, -0.15) is 0 Å². The molecule has 160 valence electrons. The van der Waals surface area contributed by atoms with E-state index in [1.165, 1.54) is 17.5 Å². The smallest absolute Gasteiger partial charge is 0.253 e. The number of amides is 2. The molecule has 9 heteroatoms. The second-order valence-corrected chi connectivity index (χ2v) is 9.58. The van der Waals surface area contributed by atoms with E-state index < -0.39 is 26.9 Å². The van der Waals surface area contributed by atoms with Crippen LogP contribution in [0.1, 0.15) is 28.8 Å². The van der Waals surface area contributed by atoms with E-state index in [4.69, 9.17) is 9.94 Å². The van der Waals surface area contributed by atoms with E-state index in [0.29, 0.717) is 16.9 Å². The number of sulfone groups is 1. The number of carbonyl (C=O) groups is 2. The maximum absolute atomic E-state index is 13.4. The lowest BCUT2D eigenvalue weighted by molar-refractivity contribution is -0.130. The number of nitrogens with zero attached hydrogens (tertiary/aromatic N) is 1. The molecule has 2 aromatic rings. The quantitative estimate of drug-likeness (QED) is 0.550. The van der Waals surface area contributed by atoms with E-state index in [0.717, 1.165) is 0 Å². The Balaban J connectivity index is 2.00. The minimum absolute atomic E-state index is 0.0215. The third-order valence-electron chi connectivity index (χ3n) is 5.51. The molecule has 0 radical (unpaired) electrons. The van der Waals surface area contributed by atoms with Crippen LogP contribution >= 0.6 is 0 Å². The molecule has 1 saturated heterocycles. The first-order valence-electron chi connectivity index (χ1n) is 9.47. The van der Waals surface area contributed by atoms with Crippen LogP contribution in [0.15, 0.2) is 54.6 Å². The maximum atomic E-state index is 13.4. The minimum atomic E-state index is -3.85. The van der Waals surface area contributed by atoms with Crippen LogP contribution in [0.2, 0.25) is 0 Å². The van der Waals surface area contributed by atoms with Crippen LogP contribution in [0, 0.1) is 0 Å². The number of rotatable bonds is 5. The summed E-state index contributed by atoms with van der Waals surface area (Å²) < 4.78 is 30.4. The second kappa shape index (κ2) is 8.85. The first-order chi connectivity index (χ1) is 14.3. The SMILES string of the molecule is COc1ccc(C2(CC(=O)NO)CCN(C(=O)c3ccccc3)CCS2(=O)=O)cc1. The lowest BCUT2D eigenvalue weighted by Gasteiger charge is -2.32. The van der Waals surface area contributed by atoms with Crippen molar-refractivity contribution in [2.24, 2.45) is 0 Å². The van der Waals surface area contributed by atoms with E-state index in [1.54, 1.807) is 54.6 Å². The molecule has 1 unspecified atom stereocenters. The van der Waals surface area contributed by atoms with Gasteiger partial charge in [-0.3, -0.25) is 14.8 Å². The summed E-state index contributed by atoms with van der Waals surface area (Å²) in [6.45, 7) is 0.173. The lowest BCUT2D eigenvalue weighted by Crippen LogP contribution is -2.42. The molecule has 8 nitrogen and oxygen atoms in total. The molecule has 1 atom stereocenters. The highest BCUT2D eigenvalue weighted by molar-refractivity contribution is 7.92. The van der Waals surface area contributed by atoms with Gasteiger partial charge in [-0.15, -0.1) is 0 Å². The summed E-state index contributed by atoms with van der Waals surface area (Å²) in [7, 11) is -2.36. The standard InChI is InChI=1S/C21H24N2O6S/c1-29-18-9-7-17(8-10-18)21(15-19(24)22-26)11-12-23(13-14-30(21,27)28)20(25)16-5-3-2-4-6-16/h2-10,26H,11-15H2,1H3,(H,22,24). The molecule has 1 aliphatic rings. The second-order valence-electron chi connectivity index (χ2n) is 7.16. The Morgan fingerprint density at radius 3 is 2.37 bits per heavy atom. The molecular formula is C21H24N2O6S. The number of carbonyl (C=O) groups excluding carboxylic acids is 2. The summed E-state index contributed by atoms with van der Waals surface area (Å²) in [5.41, 5.74) is 2.43. The molecular weight excluding hydrogens is 408 g/mol. The van der Waals surface area contributed by atoms with Crippen LogP contribution < -0.4 is 10.2 Å². The third-order valence-corrected chi connectivity index (χ3v) is 8.00. The average Bonchev–Trinajstić information content (AvgIpc) is 2.90. The highest BCUT2D eigenvalue weighted by Crippen LogP contribution is 2.41. The van der Waals surface area contributed by atoms with E-state index in [1.807, 2.05) is 0 Å². The van der Waals surface area contributed by atoms with Gasteiger partial charge in [0.1, 0.15) is 10.5 Å². The number of hydroxylamine groups is 1. The zero-order valence-corrected chi connectivity index (χ0v) is 17.4. The summed E-state index contributed by atoms with van der Waals surface area (Å²) in [6, 6.07) is 15.1. The lowest BCUT2D eigenvalue weighted by atomic mass is 9.90. The fourth-order valence-electron chi connectivity index (χ4n) is 3.79. The molecule has 0 spiro atoms. The molecule has 2 N–H and O–H groups in total. The highest BCUT2D eigenvalue weighted by Gasteiger charge is 2.48. The number of nitrogens with one attached hydrogen (secondary N) is 1. The van der Waals surface area contributed by atoms with Crippen LogP contribution in [0.25, 0.3) is 0 Å². The Hall–Kier alpha value is -2.91. The maximum Gasteiger partial charge on any atom is 0.253 e. The van der Waals surface area contributed by atoms with E-state index in [9.17, 15) is 18.0 Å². The van der Waals surface area contributed by atoms with Crippen molar-refractivity contribution in [1.82, 2.24) is 10.4 Å². The van der Waals surface area contributed by atoms with Crippen LogP contribution in [-0.4, -0.2) is 56.3 Å². The van der Waals surface area contributed by atoms with Gasteiger partial charge in [0.25, 0.3) is 5.91 Å². The van der Waals surface area contributed by atoms with Crippen LogP contribution in [0.4, 0.5) is 0 Å². The van der Waals surface area contributed by atoms with Gasteiger partial charge in [-0.05, 0) is 36.2 Å². The van der Waals surface area contributed by atoms with Crippen molar-refractivity contribution in [2.45, 2.75) is 17.6 Å². The third kappa shape index (κ3) is 4.17. The Morgan fingerprint density at radius 1 is 1.10 bits per heavy atom. The predicted molar refractivity (Wildman–Crippen MR) is 110 cm³/mol. The van der Waals surface area contributed by atoms with Gasteiger partial charge in [0.05, 0.1) is 19.3 Å². The molecule has 0 bridgehead atoms. The van der Waals surface area contributed by atoms with Gasteiger partial charge >= 0.3 is 0 Å². The number of hydrogen-bond donors (Lipinski definition) is 2. The number of benzene rings is 2. The molecule has 1 fully saturated rings. The minimum Gasteiger partial charge on any atom is -0.497 e. The molecule has 2 aromatic carbocycles. The van der Waals surface area contributed by atoms with Crippen molar-refractivity contribution < 1.29 is 28.0 Å². The fraction of sp³-hybridized carbons (Fsp3) is 0.333. The van der Waals surface area contributed by atoms with Crippen molar-refractivity contribution in [3.05, 3.63) is 65.7 Å². The predicted octanol–water partition coefficient (Wildman–Crippen LogP) is 1.75. The van der Waals surface area contributed by atoms with Gasteiger partial charge < -0.3 is 9.64 Å². The molecule has 0 aliphatic carbocycles. The summed E-state index contributed by atoms with van der Waals surface area (Å²) in [5.74, 6) is -0.816. The Morgan fingerprint density at radius 2 is 1.77 bits per heavy atom. The largest absolute Gasteiger partial charge is 0.497 e. The molecule has 2 amide bonds. The van der Waals surface area contributed by atoms with Gasteiger partial charge in [-0.1, -0.05) is 30.3 Å². The monoisotopic (exact) mass is 432 g/mol. The van der Waals surface area contributed by atoms with Gasteiger partial charge in [0, 0.05) is 18.7 Å². The topological polar surface area (TPSA) is 113 Å². The summed E-state index contributed by atoms with van der Waals surface area (Å²) in [4.78, 5) is 26.5. The average molecular weight is 432 g/mol. The van der Waals surface area contributed by atoms with Crippen molar-refractivity contribution in [1.29, 1.82) is 0 Å². The Bertz CT molecular complexity index is 1010. The summed E-state index contributed by atoms with van der Waals surface area (Å²) >= 11 is 0. The van der Waals surface area contributed by atoms with Crippen LogP contribution in [0.3, 0.4) is 0 Å². The summed E-state index contributed by atoms with van der Waals surface area (Å²) in [5, 5.41) is 9.06. The van der Waals surface area contributed by atoms with Crippen LogP contribution in [-0.2, 0) is 19.4 Å². The first kappa shape index (κ1) is 21.8. The van der Waals surface area contributed by atoms with Crippen molar-refractivity contribution in [3.63, 3.8) is 0 Å². The van der Waals surface area contributed by atoms with Crippen molar-refractivity contribution in [3.8, 4) is 5.75 Å². The molecule has 1 aliphatic heterocycles. The van der Waals surface area contributed by atoms with Gasteiger partial charge in [0.2, 0.25) is 5.91 Å².